The molecule has 0 aliphatic heterocycles. The zero-order valence-corrected chi connectivity index (χ0v) is 10.4. The first kappa shape index (κ1) is 11.6. The fourth-order valence-electron chi connectivity index (χ4n) is 1.87. The Kier molecular flexibility index (Phi) is 3.27. The lowest BCUT2D eigenvalue weighted by Crippen LogP contribution is -2.29. The lowest BCUT2D eigenvalue weighted by molar-refractivity contribution is -0.122. The van der Waals surface area contributed by atoms with E-state index < -0.39 is 0 Å². The molecule has 1 heterocycles. The van der Waals surface area contributed by atoms with Gasteiger partial charge in [-0.2, -0.15) is 0 Å². The van der Waals surface area contributed by atoms with Gasteiger partial charge in [0.1, 0.15) is 6.54 Å². The number of rotatable bonds is 7. The summed E-state index contributed by atoms with van der Waals surface area (Å²) in [6.45, 7) is 2.07. The van der Waals surface area contributed by atoms with Crippen LogP contribution >= 0.6 is 0 Å². The van der Waals surface area contributed by atoms with Gasteiger partial charge in [0.25, 0.3) is 0 Å². The summed E-state index contributed by atoms with van der Waals surface area (Å²) in [6.07, 6.45) is 6.76. The van der Waals surface area contributed by atoms with E-state index in [9.17, 15) is 4.79 Å². The van der Waals surface area contributed by atoms with Crippen molar-refractivity contribution in [2.75, 3.05) is 6.54 Å². The normalized spacial score (nSPS) is 18.9. The van der Waals surface area contributed by atoms with E-state index in [4.69, 9.17) is 0 Å². The first-order valence-electron chi connectivity index (χ1n) is 6.68. The molecule has 0 unspecified atom stereocenters. The molecule has 2 fully saturated rings. The number of carbonyl (C=O) groups excluding carboxylic acids is 1. The molecule has 0 spiro atoms. The van der Waals surface area contributed by atoms with Gasteiger partial charge in [0.15, 0.2) is 0 Å². The van der Waals surface area contributed by atoms with Crippen molar-refractivity contribution in [1.82, 2.24) is 25.6 Å². The summed E-state index contributed by atoms with van der Waals surface area (Å²) < 4.78 is 1.60. The van der Waals surface area contributed by atoms with Crippen LogP contribution in [0, 0.1) is 5.92 Å². The SMILES string of the molecule is O=C(Cn1cc(CNCC2CC2)nn1)NC1CC1. The van der Waals surface area contributed by atoms with Crippen LogP contribution in [0.5, 0.6) is 0 Å². The van der Waals surface area contributed by atoms with Gasteiger partial charge in [-0.1, -0.05) is 5.21 Å². The highest BCUT2D eigenvalue weighted by atomic mass is 16.2. The molecule has 2 saturated carbocycles. The van der Waals surface area contributed by atoms with Crippen LogP contribution in [0.25, 0.3) is 0 Å². The average molecular weight is 249 g/mol. The minimum absolute atomic E-state index is 0.0277. The van der Waals surface area contributed by atoms with Crippen molar-refractivity contribution in [1.29, 1.82) is 0 Å². The Morgan fingerprint density at radius 3 is 2.94 bits per heavy atom. The predicted octanol–water partition coefficient (Wildman–Crippen LogP) is 0.0563. The van der Waals surface area contributed by atoms with Gasteiger partial charge < -0.3 is 10.6 Å². The molecule has 98 valence electrons. The van der Waals surface area contributed by atoms with Crippen molar-refractivity contribution in [3.8, 4) is 0 Å². The van der Waals surface area contributed by atoms with Gasteiger partial charge in [-0.05, 0) is 38.1 Å². The quantitative estimate of drug-likeness (QED) is 0.716. The minimum atomic E-state index is 0.0277. The van der Waals surface area contributed by atoms with Crippen LogP contribution in [0.15, 0.2) is 6.20 Å². The highest BCUT2D eigenvalue weighted by Gasteiger charge is 2.23. The van der Waals surface area contributed by atoms with Gasteiger partial charge in [-0.3, -0.25) is 4.79 Å². The summed E-state index contributed by atoms with van der Waals surface area (Å²) >= 11 is 0. The predicted molar refractivity (Wildman–Crippen MR) is 65.6 cm³/mol. The monoisotopic (exact) mass is 249 g/mol. The van der Waals surface area contributed by atoms with E-state index in [1.807, 2.05) is 6.20 Å². The maximum absolute atomic E-state index is 11.6. The number of nitrogens with zero attached hydrogens (tertiary/aromatic N) is 3. The number of nitrogens with one attached hydrogen (secondary N) is 2. The summed E-state index contributed by atoms with van der Waals surface area (Å²) in [5.41, 5.74) is 0.898. The Bertz CT molecular complexity index is 422. The third-order valence-corrected chi connectivity index (χ3v) is 3.27. The third-order valence-electron chi connectivity index (χ3n) is 3.27. The van der Waals surface area contributed by atoms with Gasteiger partial charge in [0, 0.05) is 12.6 Å². The van der Waals surface area contributed by atoms with E-state index in [2.05, 4.69) is 20.9 Å². The molecule has 1 aromatic rings. The zero-order chi connectivity index (χ0) is 12.4. The smallest absolute Gasteiger partial charge is 0.242 e. The number of hydrogen-bond donors (Lipinski definition) is 2. The standard InChI is InChI=1S/C12H19N5O/c18-12(14-10-3-4-10)8-17-7-11(15-16-17)6-13-5-9-1-2-9/h7,9-10,13H,1-6,8H2,(H,14,18). The molecule has 1 amide bonds. The molecule has 2 aliphatic carbocycles. The van der Waals surface area contributed by atoms with E-state index >= 15 is 0 Å². The summed E-state index contributed by atoms with van der Waals surface area (Å²) in [5.74, 6) is 0.893. The van der Waals surface area contributed by atoms with Crippen molar-refractivity contribution in [3.63, 3.8) is 0 Å². The summed E-state index contributed by atoms with van der Waals surface area (Å²) in [5, 5.41) is 14.3. The molecule has 0 atom stereocenters. The molecule has 6 nitrogen and oxygen atoms in total. The molecule has 1 aromatic heterocycles. The second-order valence-electron chi connectivity index (χ2n) is 5.32. The lowest BCUT2D eigenvalue weighted by atomic mass is 10.4. The molecule has 18 heavy (non-hydrogen) atoms. The van der Waals surface area contributed by atoms with Crippen molar-refractivity contribution < 1.29 is 4.79 Å². The molecular formula is C12H19N5O. The third kappa shape index (κ3) is 3.53. The Balaban J connectivity index is 1.41. The van der Waals surface area contributed by atoms with Crippen LogP contribution in [-0.4, -0.2) is 33.5 Å². The number of aromatic nitrogens is 3. The van der Waals surface area contributed by atoms with E-state index in [1.165, 1.54) is 12.8 Å². The van der Waals surface area contributed by atoms with Crippen molar-refractivity contribution in [2.45, 2.75) is 44.8 Å². The molecule has 3 rings (SSSR count). The summed E-state index contributed by atoms with van der Waals surface area (Å²) in [6, 6.07) is 0.403. The van der Waals surface area contributed by atoms with Crippen LogP contribution in [0.2, 0.25) is 0 Å². The van der Waals surface area contributed by atoms with Crippen LogP contribution in [0.4, 0.5) is 0 Å². The van der Waals surface area contributed by atoms with E-state index in [1.54, 1.807) is 4.68 Å². The topological polar surface area (TPSA) is 71.8 Å². The highest BCUT2D eigenvalue weighted by Crippen LogP contribution is 2.27. The Labute approximate surface area is 106 Å². The largest absolute Gasteiger partial charge is 0.352 e. The van der Waals surface area contributed by atoms with Crippen LogP contribution in [-0.2, 0) is 17.9 Å². The first-order chi connectivity index (χ1) is 8.79. The molecule has 0 radical (unpaired) electrons. The fraction of sp³-hybridized carbons (Fsp3) is 0.750. The highest BCUT2D eigenvalue weighted by molar-refractivity contribution is 5.76. The van der Waals surface area contributed by atoms with Crippen LogP contribution in [0.1, 0.15) is 31.4 Å². The molecular weight excluding hydrogens is 230 g/mol. The van der Waals surface area contributed by atoms with Gasteiger partial charge in [0.05, 0.1) is 11.9 Å². The lowest BCUT2D eigenvalue weighted by Gasteiger charge is -2.02. The molecule has 2 N–H and O–H groups in total. The van der Waals surface area contributed by atoms with Gasteiger partial charge in [-0.15, -0.1) is 5.10 Å². The molecule has 0 aromatic carbocycles. The summed E-state index contributed by atoms with van der Waals surface area (Å²) in [7, 11) is 0. The summed E-state index contributed by atoms with van der Waals surface area (Å²) in [4.78, 5) is 11.6. The minimum Gasteiger partial charge on any atom is -0.352 e. The average Bonchev–Trinajstić information content (AvgIpc) is 3.23. The Hall–Kier alpha value is -1.43. The van der Waals surface area contributed by atoms with Gasteiger partial charge in [-0.25, -0.2) is 4.68 Å². The van der Waals surface area contributed by atoms with Crippen molar-refractivity contribution in [2.24, 2.45) is 5.92 Å². The van der Waals surface area contributed by atoms with E-state index in [-0.39, 0.29) is 12.5 Å². The van der Waals surface area contributed by atoms with Crippen molar-refractivity contribution in [3.05, 3.63) is 11.9 Å². The molecule has 6 heteroatoms. The number of carbonyl (C=O) groups is 1. The maximum Gasteiger partial charge on any atom is 0.242 e. The number of amides is 1. The fourth-order valence-corrected chi connectivity index (χ4v) is 1.87. The van der Waals surface area contributed by atoms with Gasteiger partial charge in [0.2, 0.25) is 5.91 Å². The molecule has 0 saturated heterocycles. The second-order valence-corrected chi connectivity index (χ2v) is 5.32. The second kappa shape index (κ2) is 5.06. The maximum atomic E-state index is 11.6. The molecule has 0 bridgehead atoms. The van der Waals surface area contributed by atoms with Crippen LogP contribution in [0.3, 0.4) is 0 Å². The van der Waals surface area contributed by atoms with Crippen molar-refractivity contribution >= 4 is 5.91 Å². The van der Waals surface area contributed by atoms with Crippen LogP contribution < -0.4 is 10.6 Å². The first-order valence-corrected chi connectivity index (χ1v) is 6.68. The van der Waals surface area contributed by atoms with Gasteiger partial charge >= 0.3 is 0 Å². The molecule has 2 aliphatic rings. The van der Waals surface area contributed by atoms with E-state index in [0.717, 1.165) is 37.5 Å². The Morgan fingerprint density at radius 2 is 2.22 bits per heavy atom. The zero-order valence-electron chi connectivity index (χ0n) is 10.4. The number of hydrogen-bond acceptors (Lipinski definition) is 4. The Morgan fingerprint density at radius 1 is 1.39 bits per heavy atom. The van der Waals surface area contributed by atoms with E-state index in [0.29, 0.717) is 6.04 Å².